The number of carbonyl (C=O) groups is 5. The van der Waals surface area contributed by atoms with Crippen molar-refractivity contribution in [3.8, 4) is 0 Å². The number of unbranched alkanes of at least 4 members (excludes halogenated alkanes) is 12. The third kappa shape index (κ3) is 16.3. The molecular weight excluding hydrogens is 1200 g/mol. The zero-order chi connectivity index (χ0) is 64.6. The number of para-hydroxylation sites is 2. The van der Waals surface area contributed by atoms with Gasteiger partial charge in [0.1, 0.15) is 22.4 Å². The molecule has 0 aliphatic carbocycles. The van der Waals surface area contributed by atoms with Gasteiger partial charge in [-0.1, -0.05) is 141 Å². The molecule has 3 aliphatic rings. The molecule has 0 saturated carbocycles. The molecule has 1 aromatic heterocycles. The van der Waals surface area contributed by atoms with Crippen molar-refractivity contribution >= 4 is 94.3 Å². The number of aliphatic imine (C=N–C) groups is 1. The van der Waals surface area contributed by atoms with E-state index in [1.807, 2.05) is 6.92 Å². The Bertz CT molecular complexity index is 3760. The van der Waals surface area contributed by atoms with Gasteiger partial charge in [0.15, 0.2) is 29.9 Å². The van der Waals surface area contributed by atoms with Gasteiger partial charge in [-0.3, -0.25) is 18.7 Å². The van der Waals surface area contributed by atoms with Crippen LogP contribution in [0.1, 0.15) is 152 Å². The van der Waals surface area contributed by atoms with E-state index >= 15 is 0 Å². The molecule has 0 bridgehead atoms. The quantitative estimate of drug-likeness (QED) is 0.0332. The second-order valence-corrected chi connectivity index (χ2v) is 27.3. The van der Waals surface area contributed by atoms with Crippen molar-refractivity contribution in [3.05, 3.63) is 114 Å². The Morgan fingerprint density at radius 2 is 1.27 bits per heavy atom. The van der Waals surface area contributed by atoms with Gasteiger partial charge in [0.05, 0.1) is 28.4 Å². The molecule has 3 atom stereocenters. The van der Waals surface area contributed by atoms with Gasteiger partial charge in [0.2, 0.25) is 10.0 Å². The maximum absolute atomic E-state index is 14.2. The fourth-order valence-corrected chi connectivity index (χ4v) is 14.5. The van der Waals surface area contributed by atoms with Crippen LogP contribution in [-0.2, 0) is 53.9 Å². The molecule has 4 aromatic carbocycles. The van der Waals surface area contributed by atoms with Crippen LogP contribution in [0.2, 0.25) is 0 Å². The lowest BCUT2D eigenvalue weighted by atomic mass is 10.1. The number of imide groups is 1. The number of likely N-dealkylation sites (N-methyl/N-ethyl adjacent to an activating group) is 2. The number of amidine groups is 2. The number of aryl methyl sites for hydroxylation is 2. The number of nitrogens with zero attached hydrogens (tertiary/aromatic N) is 9. The van der Waals surface area contributed by atoms with Gasteiger partial charge in [0.25, 0.3) is 37.8 Å². The number of cyclic esters (lactones) is 1. The van der Waals surface area contributed by atoms with Gasteiger partial charge in [-0.2, -0.15) is 17.8 Å². The highest BCUT2D eigenvalue weighted by Gasteiger charge is 2.51. The zero-order valence-corrected chi connectivity index (χ0v) is 54.2. The van der Waals surface area contributed by atoms with E-state index in [9.17, 15) is 49.2 Å². The molecule has 5 aromatic rings. The summed E-state index contributed by atoms with van der Waals surface area (Å²) in [7, 11) is -9.25. The van der Waals surface area contributed by atoms with Crippen LogP contribution in [0.5, 0.6) is 0 Å². The Balaban J connectivity index is 0.000000268. The van der Waals surface area contributed by atoms with Gasteiger partial charge in [0, 0.05) is 38.6 Å². The maximum atomic E-state index is 14.2. The lowest BCUT2D eigenvalue weighted by Crippen LogP contribution is -2.57. The highest BCUT2D eigenvalue weighted by Crippen LogP contribution is 2.36. The SMILES string of the molecule is CCCCCCCCCCCCCCOC(=O)c1ccc(C)c(NC(=O)C(C2=NS(=O)(=O)c3ccccc3N2C)N2C(=O)OC(CCCC)C2=O)c1.CCN(CC)S(=O)(=O)c1ccc(C)c(NC(=O)C(C2=Nc3ccccc3S(=O)(=O)N2C)n2cncn2)c1. The number of amides is 4. The fourth-order valence-electron chi connectivity index (χ4n) is 10.4. The summed E-state index contributed by atoms with van der Waals surface area (Å²) in [5.74, 6) is -3.35. The summed E-state index contributed by atoms with van der Waals surface area (Å²) in [6.07, 6.45) is 16.2. The van der Waals surface area contributed by atoms with Crippen molar-refractivity contribution in [2.45, 2.75) is 171 Å². The second kappa shape index (κ2) is 31.0. The minimum Gasteiger partial charge on any atom is -0.462 e. The number of benzene rings is 4. The number of ether oxygens (including phenoxy) is 2. The molecule has 0 spiro atoms. The minimum atomic E-state index is -4.30. The van der Waals surface area contributed by atoms with Crippen molar-refractivity contribution in [1.29, 1.82) is 0 Å². The summed E-state index contributed by atoms with van der Waals surface area (Å²) < 4.78 is 97.3. The van der Waals surface area contributed by atoms with Gasteiger partial charge in [-0.15, -0.1) is 4.40 Å². The number of aromatic nitrogens is 3. The van der Waals surface area contributed by atoms with E-state index in [4.69, 9.17) is 9.47 Å². The number of sulfonamides is 3. The molecule has 1 saturated heterocycles. The highest BCUT2D eigenvalue weighted by molar-refractivity contribution is 7.90. The topological polar surface area (TPSA) is 299 Å². The summed E-state index contributed by atoms with van der Waals surface area (Å²) in [5, 5.41) is 9.52. The molecule has 27 heteroatoms. The number of fused-ring (bicyclic) bond motifs is 2. The minimum absolute atomic E-state index is 0.0177. The van der Waals surface area contributed by atoms with Crippen LogP contribution in [0.4, 0.5) is 27.5 Å². The van der Waals surface area contributed by atoms with Crippen molar-refractivity contribution in [2.24, 2.45) is 9.39 Å². The molecule has 4 heterocycles. The Morgan fingerprint density at radius 1 is 0.697 bits per heavy atom. The number of nitrogens with one attached hydrogen (secondary N) is 2. The van der Waals surface area contributed by atoms with E-state index in [-0.39, 0.29) is 67.7 Å². The van der Waals surface area contributed by atoms with Crippen LogP contribution < -0.4 is 15.5 Å². The van der Waals surface area contributed by atoms with Gasteiger partial charge < -0.3 is 25.0 Å². The third-order valence-electron chi connectivity index (χ3n) is 15.6. The summed E-state index contributed by atoms with van der Waals surface area (Å²) in [6.45, 7) is 11.9. The Labute approximate surface area is 522 Å². The number of hydrogen-bond acceptors (Lipinski definition) is 17. The Hall–Kier alpha value is -7.88. The average molecular weight is 1280 g/mol. The lowest BCUT2D eigenvalue weighted by Gasteiger charge is -2.33. The largest absolute Gasteiger partial charge is 0.462 e. The molecule has 480 valence electrons. The summed E-state index contributed by atoms with van der Waals surface area (Å²) >= 11 is 0. The van der Waals surface area contributed by atoms with Crippen LogP contribution in [0.25, 0.3) is 0 Å². The van der Waals surface area contributed by atoms with Crippen molar-refractivity contribution in [2.75, 3.05) is 49.3 Å². The van der Waals surface area contributed by atoms with Gasteiger partial charge in [-0.25, -0.2) is 46.0 Å². The first kappa shape index (κ1) is 68.6. The number of carbonyl (C=O) groups excluding carboxylic acids is 5. The van der Waals surface area contributed by atoms with Crippen molar-refractivity contribution in [3.63, 3.8) is 0 Å². The normalized spacial score (nSPS) is 16.5. The number of rotatable bonds is 29. The van der Waals surface area contributed by atoms with E-state index in [1.165, 1.54) is 129 Å². The van der Waals surface area contributed by atoms with Crippen molar-refractivity contribution in [1.82, 2.24) is 28.3 Å². The third-order valence-corrected chi connectivity index (χ3v) is 20.8. The van der Waals surface area contributed by atoms with E-state index < -0.39 is 78.0 Å². The van der Waals surface area contributed by atoms with E-state index in [1.54, 1.807) is 82.3 Å². The molecule has 1 fully saturated rings. The maximum Gasteiger partial charge on any atom is 0.418 e. The Morgan fingerprint density at radius 3 is 1.89 bits per heavy atom. The standard InChI is InChI=1S/C39H54N4O8S.C23H27N7O5S2/c1-5-7-9-10-11-12-13-14-15-16-17-20-26-50-38(46)29-25-24-28(3)30(27-29)40-36(44)34(43-37(45)32(22-8-6-2)51-39(43)47)35-41-52(48,49)33-23-19-18-21-31(33)42(35)4;1-5-29(6-2)36(32,33)17-12-11-16(3)19(13-17)27-23(31)21(30-15-24-14-25-30)22-26-18-9-7-8-10-20(18)37(34,35)28(22)4/h18-19,21,23-25,27,32,34H,5-17,20,22,26H2,1-4H3,(H,40,44);7-15,21H,5-6H2,1-4H3,(H,27,31). The first-order valence-electron chi connectivity index (χ1n) is 30.2. The summed E-state index contributed by atoms with van der Waals surface area (Å²) in [6, 6.07) is 18.4. The zero-order valence-electron chi connectivity index (χ0n) is 51.8. The lowest BCUT2D eigenvalue weighted by molar-refractivity contribution is -0.133. The van der Waals surface area contributed by atoms with Crippen LogP contribution in [0, 0.1) is 13.8 Å². The van der Waals surface area contributed by atoms with Gasteiger partial charge in [-0.05, 0) is 92.8 Å². The van der Waals surface area contributed by atoms with Crippen LogP contribution in [-0.4, -0.2) is 141 Å². The molecule has 89 heavy (non-hydrogen) atoms. The number of anilines is 3. The first-order chi connectivity index (χ1) is 42.5. The van der Waals surface area contributed by atoms with E-state index in [0.29, 0.717) is 35.5 Å². The predicted octanol–water partition coefficient (Wildman–Crippen LogP) is 10.1. The number of hydrogen-bond donors (Lipinski definition) is 2. The molecule has 8 rings (SSSR count). The molecule has 2 N–H and O–H groups in total. The molecule has 3 unspecified atom stereocenters. The average Bonchev–Trinajstić information content (AvgIpc) is 1.66. The van der Waals surface area contributed by atoms with Crippen LogP contribution >= 0.6 is 0 Å². The molecular formula is C62H81N11O13S3. The molecule has 0 radical (unpaired) electrons. The summed E-state index contributed by atoms with van der Waals surface area (Å²) in [5.41, 5.74) is 2.29. The molecule has 4 amide bonds. The Kier molecular flexibility index (Phi) is 23.9. The van der Waals surface area contributed by atoms with E-state index in [0.717, 1.165) is 30.0 Å². The first-order valence-corrected chi connectivity index (χ1v) is 34.6. The van der Waals surface area contributed by atoms with E-state index in [2.05, 4.69) is 37.0 Å². The number of esters is 1. The summed E-state index contributed by atoms with van der Waals surface area (Å²) in [4.78, 5) is 78.0. The second-order valence-electron chi connectivity index (χ2n) is 21.9. The van der Waals surface area contributed by atoms with Crippen LogP contribution in [0.3, 0.4) is 0 Å². The molecule has 3 aliphatic heterocycles. The van der Waals surface area contributed by atoms with Crippen molar-refractivity contribution < 1.29 is 58.7 Å². The van der Waals surface area contributed by atoms with Gasteiger partial charge >= 0.3 is 12.1 Å². The fraction of sp³-hybridized carbons (Fsp3) is 0.468. The predicted molar refractivity (Wildman–Crippen MR) is 339 cm³/mol. The monoisotopic (exact) mass is 1280 g/mol. The highest BCUT2D eigenvalue weighted by atomic mass is 32.2. The smallest absolute Gasteiger partial charge is 0.418 e. The molecule has 24 nitrogen and oxygen atoms in total. The van der Waals surface area contributed by atoms with Crippen LogP contribution in [0.15, 0.2) is 122 Å².